The summed E-state index contributed by atoms with van der Waals surface area (Å²) < 4.78 is 0. The minimum atomic E-state index is 0.717. The molecular weight excluding hydrogens is 234 g/mol. The zero-order valence-corrected chi connectivity index (χ0v) is 12.5. The second kappa shape index (κ2) is 6.92. The van der Waals surface area contributed by atoms with Crippen molar-refractivity contribution in [3.8, 4) is 0 Å². The Hall–Kier alpha value is -1.06. The molecule has 0 aliphatic carbocycles. The summed E-state index contributed by atoms with van der Waals surface area (Å²) >= 11 is 0. The lowest BCUT2D eigenvalue weighted by Crippen LogP contribution is -2.49. The standard InChI is InChI=1S/C16H27N3/c1-4-14(2)18-9-11-19(12-10-18)16-8-6-5-7-15(16)13-17-3/h5-8,14,17H,4,9-13H2,1-3H3. The summed E-state index contributed by atoms with van der Waals surface area (Å²) in [5, 5.41) is 3.26. The molecule has 0 amide bonds. The second-order valence-electron chi connectivity index (χ2n) is 5.44. The van der Waals surface area contributed by atoms with E-state index in [9.17, 15) is 0 Å². The van der Waals surface area contributed by atoms with Crippen molar-refractivity contribution in [2.45, 2.75) is 32.9 Å². The summed E-state index contributed by atoms with van der Waals surface area (Å²) in [7, 11) is 2.01. The maximum Gasteiger partial charge on any atom is 0.0412 e. The lowest BCUT2D eigenvalue weighted by molar-refractivity contribution is 0.192. The first-order chi connectivity index (χ1) is 9.26. The summed E-state index contributed by atoms with van der Waals surface area (Å²) in [5.74, 6) is 0. The number of benzene rings is 1. The monoisotopic (exact) mass is 261 g/mol. The molecule has 3 heteroatoms. The van der Waals surface area contributed by atoms with Crippen LogP contribution in [0.25, 0.3) is 0 Å². The van der Waals surface area contributed by atoms with Crippen LogP contribution in [-0.4, -0.2) is 44.2 Å². The third-order valence-electron chi connectivity index (χ3n) is 4.23. The van der Waals surface area contributed by atoms with Gasteiger partial charge in [0.05, 0.1) is 0 Å². The van der Waals surface area contributed by atoms with Gasteiger partial charge in [0.25, 0.3) is 0 Å². The molecule has 0 radical (unpaired) electrons. The van der Waals surface area contributed by atoms with E-state index in [0.717, 1.165) is 25.7 Å². The Bertz CT molecular complexity index is 383. The predicted octanol–water partition coefficient (Wildman–Crippen LogP) is 2.33. The molecule has 0 spiro atoms. The molecule has 3 nitrogen and oxygen atoms in total. The number of nitrogens with one attached hydrogen (secondary N) is 1. The van der Waals surface area contributed by atoms with E-state index in [1.165, 1.54) is 30.8 Å². The first-order valence-corrected chi connectivity index (χ1v) is 7.47. The first-order valence-electron chi connectivity index (χ1n) is 7.47. The van der Waals surface area contributed by atoms with Crippen LogP contribution in [0, 0.1) is 0 Å². The Labute approximate surface area is 117 Å². The van der Waals surface area contributed by atoms with E-state index in [1.54, 1.807) is 0 Å². The van der Waals surface area contributed by atoms with E-state index in [-0.39, 0.29) is 0 Å². The third-order valence-corrected chi connectivity index (χ3v) is 4.23. The molecule has 1 saturated heterocycles. The van der Waals surface area contributed by atoms with Crippen LogP contribution in [0.2, 0.25) is 0 Å². The molecule has 1 heterocycles. The molecule has 1 fully saturated rings. The number of rotatable bonds is 5. The Morgan fingerprint density at radius 1 is 1.16 bits per heavy atom. The number of para-hydroxylation sites is 1. The lowest BCUT2D eigenvalue weighted by atomic mass is 10.1. The van der Waals surface area contributed by atoms with Gasteiger partial charge in [-0.1, -0.05) is 25.1 Å². The van der Waals surface area contributed by atoms with Crippen LogP contribution in [0.5, 0.6) is 0 Å². The average molecular weight is 261 g/mol. The second-order valence-corrected chi connectivity index (χ2v) is 5.44. The minimum Gasteiger partial charge on any atom is -0.369 e. The molecule has 19 heavy (non-hydrogen) atoms. The normalized spacial score (nSPS) is 18.6. The van der Waals surface area contributed by atoms with Crippen molar-refractivity contribution in [3.63, 3.8) is 0 Å². The predicted molar refractivity (Wildman–Crippen MR) is 82.7 cm³/mol. The van der Waals surface area contributed by atoms with Gasteiger partial charge in [0.1, 0.15) is 0 Å². The highest BCUT2D eigenvalue weighted by molar-refractivity contribution is 5.54. The van der Waals surface area contributed by atoms with Crippen LogP contribution in [0.3, 0.4) is 0 Å². The van der Waals surface area contributed by atoms with Crippen molar-refractivity contribution in [1.82, 2.24) is 10.2 Å². The molecule has 1 aromatic carbocycles. The number of anilines is 1. The van der Waals surface area contributed by atoms with Gasteiger partial charge in [0, 0.05) is 44.5 Å². The highest BCUT2D eigenvalue weighted by atomic mass is 15.3. The van der Waals surface area contributed by atoms with Crippen LogP contribution in [0.4, 0.5) is 5.69 Å². The van der Waals surface area contributed by atoms with Gasteiger partial charge in [-0.05, 0) is 32.0 Å². The zero-order valence-electron chi connectivity index (χ0n) is 12.5. The van der Waals surface area contributed by atoms with Gasteiger partial charge in [-0.2, -0.15) is 0 Å². The van der Waals surface area contributed by atoms with Gasteiger partial charge < -0.3 is 10.2 Å². The van der Waals surface area contributed by atoms with Crippen molar-refractivity contribution in [2.24, 2.45) is 0 Å². The van der Waals surface area contributed by atoms with Crippen molar-refractivity contribution in [1.29, 1.82) is 0 Å². The summed E-state index contributed by atoms with van der Waals surface area (Å²) in [5.41, 5.74) is 2.81. The summed E-state index contributed by atoms with van der Waals surface area (Å²) in [6.45, 7) is 10.2. The Morgan fingerprint density at radius 2 is 1.84 bits per heavy atom. The molecule has 0 saturated carbocycles. The Morgan fingerprint density at radius 3 is 2.47 bits per heavy atom. The highest BCUT2D eigenvalue weighted by Gasteiger charge is 2.21. The fraction of sp³-hybridized carbons (Fsp3) is 0.625. The number of nitrogens with zero attached hydrogens (tertiary/aromatic N) is 2. The number of piperazine rings is 1. The molecule has 1 unspecified atom stereocenters. The maximum atomic E-state index is 3.26. The van der Waals surface area contributed by atoms with Gasteiger partial charge in [-0.15, -0.1) is 0 Å². The minimum absolute atomic E-state index is 0.717. The van der Waals surface area contributed by atoms with E-state index in [0.29, 0.717) is 0 Å². The molecule has 1 aliphatic rings. The molecule has 1 N–H and O–H groups in total. The fourth-order valence-electron chi connectivity index (χ4n) is 2.82. The zero-order chi connectivity index (χ0) is 13.7. The number of hydrogen-bond acceptors (Lipinski definition) is 3. The van der Waals surface area contributed by atoms with Gasteiger partial charge in [-0.3, -0.25) is 4.90 Å². The van der Waals surface area contributed by atoms with Gasteiger partial charge >= 0.3 is 0 Å². The molecule has 0 bridgehead atoms. The van der Waals surface area contributed by atoms with Gasteiger partial charge in [-0.25, -0.2) is 0 Å². The van der Waals surface area contributed by atoms with Crippen molar-refractivity contribution < 1.29 is 0 Å². The smallest absolute Gasteiger partial charge is 0.0412 e. The van der Waals surface area contributed by atoms with Crippen LogP contribution in [0.1, 0.15) is 25.8 Å². The van der Waals surface area contributed by atoms with Crippen molar-refractivity contribution in [3.05, 3.63) is 29.8 Å². The highest BCUT2D eigenvalue weighted by Crippen LogP contribution is 2.22. The third kappa shape index (κ3) is 3.48. The SMILES string of the molecule is CCC(C)N1CCN(c2ccccc2CNC)CC1. The van der Waals surface area contributed by atoms with E-state index >= 15 is 0 Å². The maximum absolute atomic E-state index is 3.26. The largest absolute Gasteiger partial charge is 0.369 e. The molecule has 106 valence electrons. The van der Waals surface area contributed by atoms with Crippen LogP contribution in [0.15, 0.2) is 24.3 Å². The van der Waals surface area contributed by atoms with E-state index in [4.69, 9.17) is 0 Å². The Balaban J connectivity index is 2.01. The average Bonchev–Trinajstić information content (AvgIpc) is 2.47. The molecule has 0 aromatic heterocycles. The van der Waals surface area contributed by atoms with Gasteiger partial charge in [0.2, 0.25) is 0 Å². The summed E-state index contributed by atoms with van der Waals surface area (Å²) in [6.07, 6.45) is 1.25. The van der Waals surface area contributed by atoms with E-state index < -0.39 is 0 Å². The molecule has 1 atom stereocenters. The van der Waals surface area contributed by atoms with Crippen LogP contribution < -0.4 is 10.2 Å². The molecule has 1 aliphatic heterocycles. The Kier molecular flexibility index (Phi) is 5.23. The van der Waals surface area contributed by atoms with Crippen molar-refractivity contribution in [2.75, 3.05) is 38.1 Å². The van der Waals surface area contributed by atoms with Crippen molar-refractivity contribution >= 4 is 5.69 Å². The summed E-state index contributed by atoms with van der Waals surface area (Å²) in [6, 6.07) is 9.48. The first kappa shape index (κ1) is 14.4. The molecule has 1 aromatic rings. The van der Waals surface area contributed by atoms with Gasteiger partial charge in [0.15, 0.2) is 0 Å². The van der Waals surface area contributed by atoms with E-state index in [1.807, 2.05) is 7.05 Å². The number of hydrogen-bond donors (Lipinski definition) is 1. The summed E-state index contributed by atoms with van der Waals surface area (Å²) in [4.78, 5) is 5.14. The molecule has 2 rings (SSSR count). The quantitative estimate of drug-likeness (QED) is 0.877. The van der Waals surface area contributed by atoms with Crippen LogP contribution in [-0.2, 0) is 6.54 Å². The fourth-order valence-corrected chi connectivity index (χ4v) is 2.82. The molecular formula is C16H27N3. The van der Waals surface area contributed by atoms with Crippen LogP contribution >= 0.6 is 0 Å². The topological polar surface area (TPSA) is 18.5 Å². The lowest BCUT2D eigenvalue weighted by Gasteiger charge is -2.39. The van der Waals surface area contributed by atoms with E-state index in [2.05, 4.69) is 53.2 Å².